The second kappa shape index (κ2) is 13.3. The third kappa shape index (κ3) is 6.77. The number of piperidine rings is 1. The number of nitrogens with two attached hydrogens (primary N) is 1. The van der Waals surface area contributed by atoms with E-state index >= 15 is 0 Å². The number of amides is 2. The minimum Gasteiger partial charge on any atom is -0.506 e. The molecule has 2 heterocycles. The first-order valence-corrected chi connectivity index (χ1v) is 14.1. The average Bonchev–Trinajstić information content (AvgIpc) is 3.06. The van der Waals surface area contributed by atoms with Crippen LogP contribution in [0.25, 0.3) is 22.4 Å². The molecule has 0 aliphatic carbocycles. The van der Waals surface area contributed by atoms with Crippen LogP contribution < -0.4 is 31.7 Å². The van der Waals surface area contributed by atoms with Gasteiger partial charge < -0.3 is 25.8 Å². The van der Waals surface area contributed by atoms with Crippen LogP contribution in [-0.2, 0) is 11.8 Å². The van der Waals surface area contributed by atoms with E-state index in [-0.39, 0.29) is 35.2 Å². The number of hydrogen-bond acceptors (Lipinski definition) is 10. The topological polar surface area (TPSA) is 196 Å². The van der Waals surface area contributed by atoms with Gasteiger partial charge in [-0.3, -0.25) is 24.2 Å². The highest BCUT2D eigenvalue weighted by atomic mass is 16.5. The van der Waals surface area contributed by atoms with Crippen molar-refractivity contribution in [3.05, 3.63) is 88.2 Å². The third-order valence-corrected chi connectivity index (χ3v) is 7.53. The Labute approximate surface area is 258 Å². The van der Waals surface area contributed by atoms with Gasteiger partial charge in [0.1, 0.15) is 11.5 Å². The Morgan fingerprint density at radius 2 is 1.73 bits per heavy atom. The molecule has 1 aliphatic heterocycles. The fraction of sp³-hybridized carbons (Fsp3) is 0.219. The molecule has 0 saturated carbocycles. The largest absolute Gasteiger partial charge is 0.506 e. The highest BCUT2D eigenvalue weighted by Gasteiger charge is 2.24. The maximum absolute atomic E-state index is 13.9. The van der Waals surface area contributed by atoms with Gasteiger partial charge >= 0.3 is 0 Å². The predicted molar refractivity (Wildman–Crippen MR) is 166 cm³/mol. The quantitative estimate of drug-likeness (QED) is 0.113. The van der Waals surface area contributed by atoms with E-state index in [0.717, 1.165) is 18.9 Å². The molecular weight excluding hydrogens is 578 g/mol. The van der Waals surface area contributed by atoms with Crippen LogP contribution in [0.2, 0.25) is 0 Å². The maximum Gasteiger partial charge on any atom is 0.274 e. The van der Waals surface area contributed by atoms with Crippen LogP contribution in [0.3, 0.4) is 0 Å². The minimum atomic E-state index is -0.809. The molecule has 45 heavy (non-hydrogen) atoms. The fourth-order valence-corrected chi connectivity index (χ4v) is 5.04. The zero-order chi connectivity index (χ0) is 32.1. The molecule has 1 saturated heterocycles. The van der Waals surface area contributed by atoms with Crippen LogP contribution in [0.4, 0.5) is 11.6 Å². The number of benzene rings is 3. The van der Waals surface area contributed by atoms with Gasteiger partial charge in [-0.05, 0) is 60.9 Å². The number of carbonyl (C=O) groups is 2. The van der Waals surface area contributed by atoms with E-state index in [2.05, 4.69) is 16.3 Å². The molecule has 0 unspecified atom stereocenters. The van der Waals surface area contributed by atoms with E-state index in [1.807, 2.05) is 0 Å². The minimum absolute atomic E-state index is 0.00239. The zero-order valence-corrected chi connectivity index (χ0v) is 24.4. The number of carbonyl (C=O) groups excluding carboxylic acids is 2. The summed E-state index contributed by atoms with van der Waals surface area (Å²) in [5.41, 5.74) is 9.98. The van der Waals surface area contributed by atoms with Gasteiger partial charge in [-0.1, -0.05) is 24.3 Å². The van der Waals surface area contributed by atoms with E-state index in [4.69, 9.17) is 20.7 Å². The summed E-state index contributed by atoms with van der Waals surface area (Å²) in [5.74, 6) is -0.839. The summed E-state index contributed by atoms with van der Waals surface area (Å²) in [7, 11) is 1.69. The maximum atomic E-state index is 13.9. The fourth-order valence-electron chi connectivity index (χ4n) is 5.04. The number of phenols is 1. The second-order valence-corrected chi connectivity index (χ2v) is 10.5. The third-order valence-electron chi connectivity index (χ3n) is 7.53. The summed E-state index contributed by atoms with van der Waals surface area (Å²) in [6.07, 6.45) is 1.58. The number of hydrogen-bond donors (Lipinski definition) is 5. The first-order chi connectivity index (χ1) is 21.7. The second-order valence-electron chi connectivity index (χ2n) is 10.5. The van der Waals surface area contributed by atoms with E-state index in [1.165, 1.54) is 22.2 Å². The van der Waals surface area contributed by atoms with Crippen molar-refractivity contribution in [3.63, 3.8) is 0 Å². The number of anilines is 2. The Morgan fingerprint density at radius 3 is 2.36 bits per heavy atom. The van der Waals surface area contributed by atoms with Gasteiger partial charge in [0.05, 0.1) is 28.6 Å². The Bertz CT molecular complexity index is 1820. The summed E-state index contributed by atoms with van der Waals surface area (Å²) < 4.78 is 7.15. The highest BCUT2D eigenvalue weighted by molar-refractivity contribution is 5.97. The predicted octanol–water partition coefficient (Wildman–Crippen LogP) is 2.76. The van der Waals surface area contributed by atoms with Crippen LogP contribution in [0.1, 0.15) is 28.8 Å². The van der Waals surface area contributed by atoms with E-state index in [1.54, 1.807) is 55.6 Å². The summed E-state index contributed by atoms with van der Waals surface area (Å²) in [6, 6.07) is 19.5. The lowest BCUT2D eigenvalue weighted by Crippen LogP contribution is -2.42. The molecule has 230 valence electrons. The van der Waals surface area contributed by atoms with Crippen molar-refractivity contribution in [3.8, 4) is 40.0 Å². The molecule has 3 aromatic carbocycles. The Kier molecular flexibility index (Phi) is 9.08. The molecule has 13 heteroatoms. The number of aromatic nitrogens is 2. The Morgan fingerprint density at radius 1 is 1.07 bits per heavy atom. The number of aromatic hydroxyl groups is 1. The molecule has 1 aromatic heterocycles. The van der Waals surface area contributed by atoms with Gasteiger partial charge in [-0.15, -0.1) is 0 Å². The number of nitrogens with one attached hydrogen (secondary N) is 2. The van der Waals surface area contributed by atoms with Crippen molar-refractivity contribution in [1.29, 1.82) is 5.26 Å². The number of hydroxylamine groups is 1. The highest BCUT2D eigenvalue weighted by Crippen LogP contribution is 2.32. The molecule has 4 aromatic rings. The summed E-state index contributed by atoms with van der Waals surface area (Å²) in [5, 5.41) is 30.6. The summed E-state index contributed by atoms with van der Waals surface area (Å²) in [6.45, 7) is 0.976. The van der Waals surface area contributed by atoms with Crippen LogP contribution in [0.5, 0.6) is 11.5 Å². The van der Waals surface area contributed by atoms with Crippen molar-refractivity contribution < 1.29 is 24.6 Å². The first kappa shape index (κ1) is 30.7. The van der Waals surface area contributed by atoms with Gasteiger partial charge in [0.25, 0.3) is 17.4 Å². The van der Waals surface area contributed by atoms with Crippen molar-refractivity contribution >= 4 is 23.5 Å². The van der Waals surface area contributed by atoms with Gasteiger partial charge in [0.15, 0.2) is 6.61 Å². The standard InChI is InChI=1S/C32H31N7O6/c1-38-31(43)28(29(21-4-2-19(17-33)3-5-21)36-32(38)39-14-12-23(34)13-15-39)20-6-9-24(10-7-20)45-18-27(41)35-25-11-8-22(16-26(25)40)30(42)37-44/h2-11,16,23,40,44H,12-15,18,34H2,1H3,(H,35,41)(H,37,42). The molecule has 0 spiro atoms. The van der Waals surface area contributed by atoms with Crippen molar-refractivity contribution in [2.45, 2.75) is 18.9 Å². The zero-order valence-electron chi connectivity index (χ0n) is 24.4. The van der Waals surface area contributed by atoms with Crippen LogP contribution in [-0.4, -0.2) is 57.4 Å². The summed E-state index contributed by atoms with van der Waals surface area (Å²) >= 11 is 0. The van der Waals surface area contributed by atoms with Gasteiger partial charge in [-0.25, -0.2) is 10.5 Å². The molecule has 1 aliphatic rings. The first-order valence-electron chi connectivity index (χ1n) is 14.1. The SMILES string of the molecule is Cn1c(N2CCC(N)CC2)nc(-c2ccc(C#N)cc2)c(-c2ccc(OCC(=O)Nc3ccc(C(=O)NO)cc3O)cc2)c1=O. The lowest BCUT2D eigenvalue weighted by molar-refractivity contribution is -0.118. The lowest BCUT2D eigenvalue weighted by Gasteiger charge is -2.32. The lowest BCUT2D eigenvalue weighted by atomic mass is 9.99. The number of phenolic OH excluding ortho intramolecular Hbond substituents is 1. The molecule has 6 N–H and O–H groups in total. The molecule has 5 rings (SSSR count). The van der Waals surface area contributed by atoms with Gasteiger partial charge in [0, 0.05) is 37.3 Å². The number of nitrogens with zero attached hydrogens (tertiary/aromatic N) is 4. The van der Waals surface area contributed by atoms with Gasteiger partial charge in [0.2, 0.25) is 5.95 Å². The monoisotopic (exact) mass is 609 g/mol. The number of ether oxygens (including phenoxy) is 1. The number of nitriles is 1. The van der Waals surface area contributed by atoms with Crippen molar-refractivity contribution in [1.82, 2.24) is 15.0 Å². The van der Waals surface area contributed by atoms with Gasteiger partial charge in [-0.2, -0.15) is 5.26 Å². The van der Waals surface area contributed by atoms with Crippen molar-refractivity contribution in [2.75, 3.05) is 29.9 Å². The molecular formula is C32H31N7O6. The molecule has 0 atom stereocenters. The Balaban J connectivity index is 1.38. The van der Waals surface area contributed by atoms with E-state index in [0.29, 0.717) is 52.7 Å². The van der Waals surface area contributed by atoms with Crippen LogP contribution >= 0.6 is 0 Å². The number of rotatable bonds is 8. The Hall–Kier alpha value is -5.71. The molecule has 0 radical (unpaired) electrons. The summed E-state index contributed by atoms with van der Waals surface area (Å²) in [4.78, 5) is 44.8. The average molecular weight is 610 g/mol. The molecule has 1 fully saturated rings. The normalized spacial score (nSPS) is 13.2. The van der Waals surface area contributed by atoms with E-state index < -0.39 is 11.8 Å². The van der Waals surface area contributed by atoms with Crippen LogP contribution in [0, 0.1) is 11.3 Å². The smallest absolute Gasteiger partial charge is 0.274 e. The van der Waals surface area contributed by atoms with E-state index in [9.17, 15) is 24.8 Å². The molecule has 13 nitrogen and oxygen atoms in total. The molecule has 2 amide bonds. The van der Waals surface area contributed by atoms with Crippen LogP contribution in [0.15, 0.2) is 71.5 Å². The molecule has 0 bridgehead atoms. The van der Waals surface area contributed by atoms with Crippen molar-refractivity contribution in [2.24, 2.45) is 12.8 Å².